The second kappa shape index (κ2) is 11.6. The fraction of sp³-hybridized carbons (Fsp3) is 0.318. The zero-order valence-corrected chi connectivity index (χ0v) is 19.3. The highest BCUT2D eigenvalue weighted by Gasteiger charge is 2.24. The van der Waals surface area contributed by atoms with Gasteiger partial charge in [-0.15, -0.1) is 0 Å². The second-order valence-corrected chi connectivity index (χ2v) is 7.72. The number of carbonyl (C=O) groups is 2. The van der Waals surface area contributed by atoms with Gasteiger partial charge in [-0.3, -0.25) is 9.59 Å². The van der Waals surface area contributed by atoms with Crippen molar-refractivity contribution in [3.63, 3.8) is 0 Å². The summed E-state index contributed by atoms with van der Waals surface area (Å²) in [6.45, 7) is 6.00. The van der Waals surface area contributed by atoms with Gasteiger partial charge >= 0.3 is 0 Å². The van der Waals surface area contributed by atoms with E-state index >= 15 is 0 Å². The van der Waals surface area contributed by atoms with E-state index in [4.69, 9.17) is 32.7 Å². The minimum Gasteiger partial charge on any atom is -0.493 e. The molecular weight excluding hydrogens is 441 g/mol. The first-order valence-corrected chi connectivity index (χ1v) is 10.4. The summed E-state index contributed by atoms with van der Waals surface area (Å²) in [7, 11) is 1.56. The minimum absolute atomic E-state index is 0.174. The molecular formula is C22H25Cl2N3O4. The standard InChI is InChI=1S/C22H25Cl2N3O4/c1-5-31-19-10-14(6-9-18(19)30-4)12-25-27-22(29)20(13(2)3)26-21(28)15-7-8-16(23)17(24)11-15/h6-13,20H,5H2,1-4H3,(H,26,28)(H,27,29). The lowest BCUT2D eigenvalue weighted by Gasteiger charge is -2.20. The highest BCUT2D eigenvalue weighted by Crippen LogP contribution is 2.27. The van der Waals surface area contributed by atoms with E-state index in [0.29, 0.717) is 34.3 Å². The summed E-state index contributed by atoms with van der Waals surface area (Å²) in [5.41, 5.74) is 3.48. The van der Waals surface area contributed by atoms with E-state index in [2.05, 4.69) is 15.8 Å². The van der Waals surface area contributed by atoms with Gasteiger partial charge in [0.2, 0.25) is 0 Å². The molecule has 0 heterocycles. The van der Waals surface area contributed by atoms with Crippen molar-refractivity contribution in [1.82, 2.24) is 10.7 Å². The smallest absolute Gasteiger partial charge is 0.262 e. The number of hydrogen-bond acceptors (Lipinski definition) is 5. The molecule has 7 nitrogen and oxygen atoms in total. The van der Waals surface area contributed by atoms with Crippen molar-refractivity contribution >= 4 is 41.2 Å². The normalized spacial score (nSPS) is 12.0. The molecule has 31 heavy (non-hydrogen) atoms. The number of methoxy groups -OCH3 is 1. The molecule has 9 heteroatoms. The van der Waals surface area contributed by atoms with E-state index in [9.17, 15) is 9.59 Å². The molecule has 0 spiro atoms. The number of nitrogens with one attached hydrogen (secondary N) is 2. The molecule has 0 bridgehead atoms. The van der Waals surface area contributed by atoms with Crippen LogP contribution in [0.1, 0.15) is 36.7 Å². The SMILES string of the molecule is CCOc1cc(C=NNC(=O)C(NC(=O)c2ccc(Cl)c(Cl)c2)C(C)C)ccc1OC. The lowest BCUT2D eigenvalue weighted by molar-refractivity contribution is -0.123. The van der Waals surface area contributed by atoms with Gasteiger partial charge in [-0.2, -0.15) is 5.10 Å². The number of ether oxygens (including phenoxy) is 2. The van der Waals surface area contributed by atoms with Gasteiger partial charge in [0.1, 0.15) is 6.04 Å². The average molecular weight is 466 g/mol. The first kappa shape index (κ1) is 24.5. The Morgan fingerprint density at radius 1 is 1.10 bits per heavy atom. The topological polar surface area (TPSA) is 89.0 Å². The lowest BCUT2D eigenvalue weighted by atomic mass is 10.0. The monoisotopic (exact) mass is 465 g/mol. The van der Waals surface area contributed by atoms with Crippen molar-refractivity contribution in [2.45, 2.75) is 26.8 Å². The molecule has 2 rings (SSSR count). The second-order valence-electron chi connectivity index (χ2n) is 6.90. The molecule has 2 aromatic carbocycles. The minimum atomic E-state index is -0.797. The number of hydrogen-bond donors (Lipinski definition) is 2. The molecule has 2 aromatic rings. The van der Waals surface area contributed by atoms with Crippen molar-refractivity contribution in [1.29, 1.82) is 0 Å². The Morgan fingerprint density at radius 2 is 1.84 bits per heavy atom. The van der Waals surface area contributed by atoms with Crippen LogP contribution in [0.25, 0.3) is 0 Å². The van der Waals surface area contributed by atoms with Gasteiger partial charge < -0.3 is 14.8 Å². The van der Waals surface area contributed by atoms with Gasteiger partial charge in [0.25, 0.3) is 11.8 Å². The highest BCUT2D eigenvalue weighted by molar-refractivity contribution is 6.42. The van der Waals surface area contributed by atoms with Crippen LogP contribution in [0.5, 0.6) is 11.5 Å². The summed E-state index contributed by atoms with van der Waals surface area (Å²) in [6.07, 6.45) is 1.48. The molecule has 0 aromatic heterocycles. The summed E-state index contributed by atoms with van der Waals surface area (Å²) in [5.74, 6) is 0.126. The van der Waals surface area contributed by atoms with Crippen molar-refractivity contribution in [2.24, 2.45) is 11.0 Å². The van der Waals surface area contributed by atoms with Crippen LogP contribution in [-0.2, 0) is 4.79 Å². The number of benzene rings is 2. The maximum absolute atomic E-state index is 12.6. The lowest BCUT2D eigenvalue weighted by Crippen LogP contribution is -2.48. The van der Waals surface area contributed by atoms with Crippen molar-refractivity contribution in [3.8, 4) is 11.5 Å². The molecule has 1 unspecified atom stereocenters. The zero-order valence-electron chi connectivity index (χ0n) is 17.7. The first-order valence-electron chi connectivity index (χ1n) is 9.66. The van der Waals surface area contributed by atoms with Crippen LogP contribution in [0.3, 0.4) is 0 Å². The van der Waals surface area contributed by atoms with Crippen LogP contribution in [0, 0.1) is 5.92 Å². The van der Waals surface area contributed by atoms with Crippen LogP contribution in [0.15, 0.2) is 41.5 Å². The molecule has 0 aliphatic rings. The van der Waals surface area contributed by atoms with Crippen molar-refractivity contribution in [2.75, 3.05) is 13.7 Å². The molecule has 166 valence electrons. The number of rotatable bonds is 9. The molecule has 2 N–H and O–H groups in total. The maximum atomic E-state index is 12.6. The highest BCUT2D eigenvalue weighted by atomic mass is 35.5. The third-order valence-corrected chi connectivity index (χ3v) is 5.03. The first-order chi connectivity index (χ1) is 14.8. The van der Waals surface area contributed by atoms with Gasteiger partial charge in [-0.25, -0.2) is 5.43 Å². The summed E-state index contributed by atoms with van der Waals surface area (Å²) in [4.78, 5) is 25.1. The Kier molecular flexibility index (Phi) is 9.15. The molecule has 0 fully saturated rings. The van der Waals surface area contributed by atoms with Gasteiger partial charge in [-0.1, -0.05) is 37.0 Å². The van der Waals surface area contributed by atoms with Crippen molar-refractivity contribution < 1.29 is 19.1 Å². The molecule has 0 saturated heterocycles. The third kappa shape index (κ3) is 6.87. The molecule has 2 amide bonds. The van der Waals surface area contributed by atoms with Crippen LogP contribution >= 0.6 is 23.2 Å². The summed E-state index contributed by atoms with van der Waals surface area (Å²) >= 11 is 11.9. The third-order valence-electron chi connectivity index (χ3n) is 4.29. The molecule has 1 atom stereocenters. The van der Waals surface area contributed by atoms with E-state index in [1.807, 2.05) is 20.8 Å². The Bertz CT molecular complexity index is 964. The Hall–Kier alpha value is -2.77. The van der Waals surface area contributed by atoms with E-state index in [1.54, 1.807) is 25.3 Å². The Balaban J connectivity index is 2.06. The zero-order chi connectivity index (χ0) is 23.0. The Labute approximate surface area is 191 Å². The largest absolute Gasteiger partial charge is 0.493 e. The van der Waals surface area contributed by atoms with E-state index in [1.165, 1.54) is 24.4 Å². The number of carbonyl (C=O) groups excluding carboxylic acids is 2. The number of amides is 2. The quantitative estimate of drug-likeness (QED) is 0.426. The summed E-state index contributed by atoms with van der Waals surface area (Å²) in [6, 6.07) is 9.01. The van der Waals surface area contributed by atoms with Gasteiger partial charge in [0.15, 0.2) is 11.5 Å². The van der Waals surface area contributed by atoms with Crippen LogP contribution < -0.4 is 20.2 Å². The molecule has 0 aliphatic heterocycles. The average Bonchev–Trinajstić information content (AvgIpc) is 2.74. The number of halogens is 2. The Morgan fingerprint density at radius 3 is 2.45 bits per heavy atom. The number of nitrogens with zero attached hydrogens (tertiary/aromatic N) is 1. The van der Waals surface area contributed by atoms with Crippen LogP contribution in [0.2, 0.25) is 10.0 Å². The predicted molar refractivity (Wildman–Crippen MR) is 122 cm³/mol. The van der Waals surface area contributed by atoms with Gasteiger partial charge in [-0.05, 0) is 54.8 Å². The number of hydrazone groups is 1. The van der Waals surface area contributed by atoms with Crippen molar-refractivity contribution in [3.05, 3.63) is 57.6 Å². The maximum Gasteiger partial charge on any atom is 0.262 e. The summed E-state index contributed by atoms with van der Waals surface area (Å²) in [5, 5.41) is 7.31. The molecule has 0 saturated carbocycles. The molecule has 0 radical (unpaired) electrons. The predicted octanol–water partition coefficient (Wildman–Crippen LogP) is 4.31. The fourth-order valence-corrected chi connectivity index (χ4v) is 2.98. The summed E-state index contributed by atoms with van der Waals surface area (Å²) < 4.78 is 10.8. The van der Waals surface area contributed by atoms with Crippen LogP contribution in [0.4, 0.5) is 0 Å². The van der Waals surface area contributed by atoms with Gasteiger partial charge in [0.05, 0.1) is 30.0 Å². The van der Waals surface area contributed by atoms with E-state index in [0.717, 1.165) is 0 Å². The fourth-order valence-electron chi connectivity index (χ4n) is 2.68. The van der Waals surface area contributed by atoms with E-state index in [-0.39, 0.29) is 10.9 Å². The van der Waals surface area contributed by atoms with Gasteiger partial charge in [0, 0.05) is 5.56 Å². The van der Waals surface area contributed by atoms with E-state index < -0.39 is 17.9 Å². The molecule has 0 aliphatic carbocycles. The van der Waals surface area contributed by atoms with Crippen LogP contribution in [-0.4, -0.2) is 37.8 Å².